The Balaban J connectivity index is 2.33. The standard InChI is InChI=1S/C29H38O4/c1-5-13-25(27(30)32-19-7-3)29(26(14-6-2)28(31)33-20-8-4)23-17-11-9-15-21(23)22-16-10-12-18-24(22)29/h9-12,15-18,25-26H,5-8,13-14,19-20H2,1-4H3. The maximum atomic E-state index is 13.7. The third kappa shape index (κ3) is 4.58. The van der Waals surface area contributed by atoms with Gasteiger partial charge in [-0.2, -0.15) is 0 Å². The van der Waals surface area contributed by atoms with Crippen molar-refractivity contribution in [2.45, 2.75) is 71.6 Å². The van der Waals surface area contributed by atoms with Gasteiger partial charge >= 0.3 is 11.9 Å². The molecule has 2 unspecified atom stereocenters. The van der Waals surface area contributed by atoms with Crippen molar-refractivity contribution in [2.24, 2.45) is 11.8 Å². The molecule has 4 heteroatoms. The highest BCUT2D eigenvalue weighted by Gasteiger charge is 2.58. The summed E-state index contributed by atoms with van der Waals surface area (Å²) in [6, 6.07) is 16.5. The Bertz CT molecular complexity index is 871. The van der Waals surface area contributed by atoms with Crippen LogP contribution in [-0.4, -0.2) is 25.2 Å². The fourth-order valence-electron chi connectivity index (χ4n) is 5.54. The summed E-state index contributed by atoms with van der Waals surface area (Å²) in [5.74, 6) is -1.36. The van der Waals surface area contributed by atoms with Crippen LogP contribution in [0.1, 0.15) is 77.3 Å². The van der Waals surface area contributed by atoms with Gasteiger partial charge in [0.05, 0.1) is 25.0 Å². The lowest BCUT2D eigenvalue weighted by atomic mass is 9.58. The van der Waals surface area contributed by atoms with E-state index in [2.05, 4.69) is 38.1 Å². The molecule has 0 aliphatic heterocycles. The van der Waals surface area contributed by atoms with Gasteiger partial charge < -0.3 is 9.47 Å². The number of fused-ring (bicyclic) bond motifs is 3. The van der Waals surface area contributed by atoms with Gasteiger partial charge in [-0.25, -0.2) is 0 Å². The molecule has 0 saturated heterocycles. The van der Waals surface area contributed by atoms with Gasteiger partial charge in [-0.3, -0.25) is 9.59 Å². The molecule has 4 nitrogen and oxygen atoms in total. The Hall–Kier alpha value is -2.62. The number of carbonyl (C=O) groups excluding carboxylic acids is 2. The minimum atomic E-state index is -0.811. The summed E-state index contributed by atoms with van der Waals surface area (Å²) in [4.78, 5) is 27.3. The topological polar surface area (TPSA) is 52.6 Å². The Morgan fingerprint density at radius 2 is 1.06 bits per heavy atom. The number of carbonyl (C=O) groups is 2. The van der Waals surface area contributed by atoms with Crippen LogP contribution in [0.5, 0.6) is 0 Å². The SMILES string of the molecule is CCCOC(=O)C(CCC)C1(C(CCC)C(=O)OCCC)c2ccccc2-c2ccccc21. The highest BCUT2D eigenvalue weighted by atomic mass is 16.5. The lowest BCUT2D eigenvalue weighted by Gasteiger charge is -2.43. The van der Waals surface area contributed by atoms with Crippen LogP contribution in [0.15, 0.2) is 48.5 Å². The summed E-state index contributed by atoms with van der Waals surface area (Å²) in [5, 5.41) is 0. The number of ether oxygens (including phenoxy) is 2. The zero-order valence-electron chi connectivity index (χ0n) is 20.6. The Morgan fingerprint density at radius 1 is 0.667 bits per heavy atom. The first kappa shape index (κ1) is 25.0. The third-order valence-electron chi connectivity index (χ3n) is 6.76. The lowest BCUT2D eigenvalue weighted by molar-refractivity contribution is -0.157. The zero-order chi connectivity index (χ0) is 23.8. The first-order valence-electron chi connectivity index (χ1n) is 12.6. The summed E-state index contributed by atoms with van der Waals surface area (Å²) >= 11 is 0. The summed E-state index contributed by atoms with van der Waals surface area (Å²) < 4.78 is 11.5. The van der Waals surface area contributed by atoms with E-state index in [-0.39, 0.29) is 11.9 Å². The van der Waals surface area contributed by atoms with Crippen molar-refractivity contribution in [3.8, 4) is 11.1 Å². The van der Waals surface area contributed by atoms with Crippen LogP contribution in [0.4, 0.5) is 0 Å². The zero-order valence-corrected chi connectivity index (χ0v) is 20.6. The molecule has 2 aromatic rings. The average molecular weight is 451 g/mol. The van der Waals surface area contributed by atoms with Crippen molar-refractivity contribution in [3.63, 3.8) is 0 Å². The second-order valence-electron chi connectivity index (χ2n) is 8.98. The van der Waals surface area contributed by atoms with E-state index in [1.165, 1.54) is 0 Å². The van der Waals surface area contributed by atoms with Gasteiger partial charge in [0.15, 0.2) is 0 Å². The van der Waals surface area contributed by atoms with E-state index >= 15 is 0 Å². The van der Waals surface area contributed by atoms with Gasteiger partial charge in [0.2, 0.25) is 0 Å². The van der Waals surface area contributed by atoms with Crippen LogP contribution < -0.4 is 0 Å². The van der Waals surface area contributed by atoms with Crippen LogP contribution >= 0.6 is 0 Å². The van der Waals surface area contributed by atoms with Gasteiger partial charge in [0.25, 0.3) is 0 Å². The van der Waals surface area contributed by atoms with Crippen molar-refractivity contribution in [1.29, 1.82) is 0 Å². The Morgan fingerprint density at radius 3 is 1.42 bits per heavy atom. The highest BCUT2D eigenvalue weighted by Crippen LogP contribution is 2.59. The molecular weight excluding hydrogens is 412 g/mol. The summed E-state index contributed by atoms with van der Waals surface area (Å²) in [6.07, 6.45) is 4.46. The predicted molar refractivity (Wildman–Crippen MR) is 132 cm³/mol. The second-order valence-corrected chi connectivity index (χ2v) is 8.98. The second kappa shape index (κ2) is 11.5. The van der Waals surface area contributed by atoms with E-state index in [1.54, 1.807) is 0 Å². The van der Waals surface area contributed by atoms with Gasteiger partial charge in [-0.05, 0) is 47.9 Å². The molecule has 0 heterocycles. The summed E-state index contributed by atoms with van der Waals surface area (Å²) in [5.41, 5.74) is 3.48. The molecule has 0 N–H and O–H groups in total. The first-order valence-corrected chi connectivity index (χ1v) is 12.6. The quantitative estimate of drug-likeness (QED) is 0.338. The number of benzene rings is 2. The van der Waals surface area contributed by atoms with Crippen molar-refractivity contribution < 1.29 is 19.1 Å². The molecule has 0 radical (unpaired) electrons. The van der Waals surface area contributed by atoms with Crippen LogP contribution in [0.3, 0.4) is 0 Å². The van der Waals surface area contributed by atoms with Crippen LogP contribution in [0.2, 0.25) is 0 Å². The van der Waals surface area contributed by atoms with E-state index < -0.39 is 17.3 Å². The fraction of sp³-hybridized carbons (Fsp3) is 0.517. The van der Waals surface area contributed by atoms with E-state index in [0.29, 0.717) is 26.1 Å². The summed E-state index contributed by atoms with van der Waals surface area (Å²) in [6.45, 7) is 8.95. The van der Waals surface area contributed by atoms with E-state index in [9.17, 15) is 9.59 Å². The Kier molecular flexibility index (Phi) is 8.71. The maximum absolute atomic E-state index is 13.7. The first-order chi connectivity index (χ1) is 16.1. The van der Waals surface area contributed by atoms with Gasteiger partial charge in [0.1, 0.15) is 0 Å². The maximum Gasteiger partial charge on any atom is 0.310 e. The van der Waals surface area contributed by atoms with E-state index in [1.807, 2.05) is 38.1 Å². The van der Waals surface area contributed by atoms with Crippen LogP contribution in [0, 0.1) is 11.8 Å². The highest BCUT2D eigenvalue weighted by molar-refractivity contribution is 5.90. The molecule has 178 valence electrons. The van der Waals surface area contributed by atoms with E-state index in [0.717, 1.165) is 47.9 Å². The van der Waals surface area contributed by atoms with E-state index in [4.69, 9.17) is 9.47 Å². The minimum absolute atomic E-state index is 0.213. The normalized spacial score (nSPS) is 15.3. The number of rotatable bonds is 12. The van der Waals surface area contributed by atoms with Gasteiger partial charge in [-0.15, -0.1) is 0 Å². The molecule has 2 aromatic carbocycles. The molecule has 0 spiro atoms. The van der Waals surface area contributed by atoms with Crippen LogP contribution in [-0.2, 0) is 24.5 Å². The van der Waals surface area contributed by atoms with Crippen molar-refractivity contribution in [2.75, 3.05) is 13.2 Å². The molecule has 3 rings (SSSR count). The molecule has 2 atom stereocenters. The molecule has 0 aromatic heterocycles. The molecule has 1 aliphatic carbocycles. The number of hydrogen-bond acceptors (Lipinski definition) is 4. The average Bonchev–Trinajstić information content (AvgIpc) is 3.14. The van der Waals surface area contributed by atoms with Gasteiger partial charge in [0, 0.05) is 5.41 Å². The smallest absolute Gasteiger partial charge is 0.310 e. The molecule has 0 fully saturated rings. The molecular formula is C29H38O4. The fourth-order valence-corrected chi connectivity index (χ4v) is 5.54. The minimum Gasteiger partial charge on any atom is -0.465 e. The van der Waals surface area contributed by atoms with Gasteiger partial charge in [-0.1, -0.05) is 89.1 Å². The summed E-state index contributed by atoms with van der Waals surface area (Å²) in [7, 11) is 0. The lowest BCUT2D eigenvalue weighted by Crippen LogP contribution is -2.49. The Labute approximate surface area is 198 Å². The van der Waals surface area contributed by atoms with Crippen molar-refractivity contribution in [3.05, 3.63) is 59.7 Å². The number of esters is 2. The molecule has 0 saturated carbocycles. The molecule has 0 bridgehead atoms. The largest absolute Gasteiger partial charge is 0.465 e. The number of hydrogen-bond donors (Lipinski definition) is 0. The molecule has 33 heavy (non-hydrogen) atoms. The van der Waals surface area contributed by atoms with Crippen molar-refractivity contribution >= 4 is 11.9 Å². The monoisotopic (exact) mass is 450 g/mol. The third-order valence-corrected chi connectivity index (χ3v) is 6.76. The molecule has 0 amide bonds. The van der Waals surface area contributed by atoms with Crippen LogP contribution in [0.25, 0.3) is 11.1 Å². The predicted octanol–water partition coefficient (Wildman–Crippen LogP) is 6.69. The van der Waals surface area contributed by atoms with Crippen molar-refractivity contribution in [1.82, 2.24) is 0 Å². The molecule has 1 aliphatic rings.